The molecule has 0 aromatic heterocycles. The maximum absolute atomic E-state index is 11.9. The van der Waals surface area contributed by atoms with Crippen LogP contribution in [-0.2, 0) is 4.79 Å². The topological polar surface area (TPSA) is 41.1 Å². The van der Waals surface area contributed by atoms with E-state index >= 15 is 0 Å². The van der Waals surface area contributed by atoms with Crippen LogP contribution in [0.25, 0.3) is 0 Å². The highest BCUT2D eigenvalue weighted by Crippen LogP contribution is 2.18. The third-order valence-electron chi connectivity index (χ3n) is 2.82. The van der Waals surface area contributed by atoms with Gasteiger partial charge in [0.2, 0.25) is 5.91 Å². The number of aryl methyl sites for hydroxylation is 1. The Labute approximate surface area is 121 Å². The minimum absolute atomic E-state index is 0. The van der Waals surface area contributed by atoms with Crippen LogP contribution in [0.4, 0.5) is 5.69 Å². The Balaban J connectivity index is 0.00000144. The van der Waals surface area contributed by atoms with Gasteiger partial charge >= 0.3 is 0 Å². The fraction of sp³-hybridized carbons (Fsp3) is 0.417. The third-order valence-corrected chi connectivity index (χ3v) is 3.49. The number of hydrogen-bond acceptors (Lipinski definition) is 2. The van der Waals surface area contributed by atoms with Gasteiger partial charge in [-0.3, -0.25) is 4.79 Å². The Morgan fingerprint density at radius 3 is 2.88 bits per heavy atom. The molecule has 2 N–H and O–H groups in total. The molecule has 0 bridgehead atoms. The molecule has 5 heteroatoms. The highest BCUT2D eigenvalue weighted by atomic mass is 127. The van der Waals surface area contributed by atoms with Crippen molar-refractivity contribution in [2.75, 3.05) is 11.9 Å². The summed E-state index contributed by atoms with van der Waals surface area (Å²) in [6.07, 6.45) is 2.03. The number of amides is 1. The summed E-state index contributed by atoms with van der Waals surface area (Å²) in [6.45, 7) is 2.96. The molecule has 1 heterocycles. The summed E-state index contributed by atoms with van der Waals surface area (Å²) in [5.41, 5.74) is 2.03. The van der Waals surface area contributed by atoms with Crippen molar-refractivity contribution in [2.45, 2.75) is 25.8 Å². The number of rotatable bonds is 2. The number of halogens is 2. The average Bonchev–Trinajstić information content (AvgIpc) is 2.75. The van der Waals surface area contributed by atoms with Crippen molar-refractivity contribution in [3.63, 3.8) is 0 Å². The number of nitrogens with one attached hydrogen (secondary N) is 2. The van der Waals surface area contributed by atoms with E-state index in [2.05, 4.69) is 39.3 Å². The van der Waals surface area contributed by atoms with Gasteiger partial charge in [0.15, 0.2) is 0 Å². The van der Waals surface area contributed by atoms with Crippen LogP contribution in [0.1, 0.15) is 18.4 Å². The van der Waals surface area contributed by atoms with Crippen LogP contribution in [0.5, 0.6) is 0 Å². The van der Waals surface area contributed by atoms with Crippen LogP contribution in [0.15, 0.2) is 18.2 Å². The summed E-state index contributed by atoms with van der Waals surface area (Å²) in [6, 6.07) is 6.02. The van der Waals surface area contributed by atoms with Gasteiger partial charge in [0, 0.05) is 9.26 Å². The van der Waals surface area contributed by atoms with Gasteiger partial charge in [0.25, 0.3) is 0 Å². The van der Waals surface area contributed by atoms with E-state index in [1.165, 1.54) is 3.57 Å². The van der Waals surface area contributed by atoms with E-state index in [0.717, 1.165) is 30.6 Å². The second-order valence-corrected chi connectivity index (χ2v) is 5.34. The average molecular weight is 367 g/mol. The van der Waals surface area contributed by atoms with E-state index in [-0.39, 0.29) is 24.4 Å². The van der Waals surface area contributed by atoms with E-state index in [1.807, 2.05) is 19.1 Å². The molecule has 0 aliphatic carbocycles. The highest BCUT2D eigenvalue weighted by molar-refractivity contribution is 14.1. The standard InChI is InChI=1S/C12H15IN2O.ClH/c1-8-7-9(13)4-5-10(8)15-12(16)11-3-2-6-14-11;/h4-5,7,11,14H,2-3,6H2,1H3,(H,15,16);1H/t11-;/m0./s1. The van der Waals surface area contributed by atoms with Crippen LogP contribution < -0.4 is 10.6 Å². The Kier molecular flexibility index (Phi) is 5.69. The zero-order chi connectivity index (χ0) is 11.5. The first-order valence-electron chi connectivity index (χ1n) is 5.47. The molecule has 0 unspecified atom stereocenters. The summed E-state index contributed by atoms with van der Waals surface area (Å²) in [7, 11) is 0. The van der Waals surface area contributed by atoms with Gasteiger partial charge < -0.3 is 10.6 Å². The van der Waals surface area contributed by atoms with Gasteiger partial charge in [-0.25, -0.2) is 0 Å². The van der Waals surface area contributed by atoms with E-state index in [1.54, 1.807) is 0 Å². The van der Waals surface area contributed by atoms with Gasteiger partial charge in [-0.15, -0.1) is 12.4 Å². The molecule has 1 atom stereocenters. The van der Waals surface area contributed by atoms with Crippen molar-refractivity contribution < 1.29 is 4.79 Å². The lowest BCUT2D eigenvalue weighted by Gasteiger charge is -2.13. The summed E-state index contributed by atoms with van der Waals surface area (Å²) in [4.78, 5) is 11.9. The second kappa shape index (κ2) is 6.56. The normalized spacial score (nSPS) is 18.6. The van der Waals surface area contributed by atoms with E-state index < -0.39 is 0 Å². The summed E-state index contributed by atoms with van der Waals surface area (Å²) in [5.74, 6) is 0.0850. The van der Waals surface area contributed by atoms with E-state index in [9.17, 15) is 4.79 Å². The molecule has 0 saturated carbocycles. The first kappa shape index (κ1) is 14.7. The zero-order valence-corrected chi connectivity index (χ0v) is 12.6. The first-order chi connectivity index (χ1) is 7.66. The molecule has 1 fully saturated rings. The van der Waals surface area contributed by atoms with Crippen LogP contribution in [0.2, 0.25) is 0 Å². The third kappa shape index (κ3) is 3.82. The smallest absolute Gasteiger partial charge is 0.241 e. The maximum Gasteiger partial charge on any atom is 0.241 e. The number of hydrogen-bond donors (Lipinski definition) is 2. The Morgan fingerprint density at radius 1 is 1.53 bits per heavy atom. The van der Waals surface area contributed by atoms with Crippen molar-refractivity contribution in [1.29, 1.82) is 0 Å². The van der Waals surface area contributed by atoms with Gasteiger partial charge in [0.05, 0.1) is 6.04 Å². The van der Waals surface area contributed by atoms with Crippen molar-refractivity contribution in [3.8, 4) is 0 Å². The van der Waals surface area contributed by atoms with Crippen LogP contribution in [-0.4, -0.2) is 18.5 Å². The first-order valence-corrected chi connectivity index (χ1v) is 6.55. The molecular weight excluding hydrogens is 351 g/mol. The lowest BCUT2D eigenvalue weighted by Crippen LogP contribution is -2.35. The molecule has 1 saturated heterocycles. The SMILES string of the molecule is Cc1cc(I)ccc1NC(=O)[C@@H]1CCCN1.Cl. The zero-order valence-electron chi connectivity index (χ0n) is 9.63. The van der Waals surface area contributed by atoms with E-state index in [4.69, 9.17) is 0 Å². The molecule has 1 aliphatic rings. The largest absolute Gasteiger partial charge is 0.324 e. The molecule has 0 radical (unpaired) electrons. The molecule has 1 aromatic rings. The highest BCUT2D eigenvalue weighted by Gasteiger charge is 2.22. The Bertz CT molecular complexity index is 405. The molecule has 2 rings (SSSR count). The predicted molar refractivity (Wildman–Crippen MR) is 80.8 cm³/mol. The lowest BCUT2D eigenvalue weighted by molar-refractivity contribution is -0.117. The van der Waals surface area contributed by atoms with Gasteiger partial charge in [-0.05, 0) is 72.7 Å². The predicted octanol–water partition coefficient (Wildman–Crippen LogP) is 2.71. The van der Waals surface area contributed by atoms with Gasteiger partial charge in [-0.1, -0.05) is 0 Å². The van der Waals surface area contributed by atoms with Gasteiger partial charge in [0.1, 0.15) is 0 Å². The molecule has 94 valence electrons. The maximum atomic E-state index is 11.9. The summed E-state index contributed by atoms with van der Waals surface area (Å²) < 4.78 is 1.19. The fourth-order valence-corrected chi connectivity index (χ4v) is 2.54. The van der Waals surface area contributed by atoms with Crippen molar-refractivity contribution >= 4 is 46.6 Å². The van der Waals surface area contributed by atoms with Crippen LogP contribution in [0, 0.1) is 10.5 Å². The summed E-state index contributed by atoms with van der Waals surface area (Å²) in [5, 5.41) is 6.17. The second-order valence-electron chi connectivity index (χ2n) is 4.10. The Hall–Kier alpha value is -0.330. The van der Waals surface area contributed by atoms with Gasteiger partial charge in [-0.2, -0.15) is 0 Å². The number of carbonyl (C=O) groups excluding carboxylic acids is 1. The Morgan fingerprint density at radius 2 is 2.29 bits per heavy atom. The fourth-order valence-electron chi connectivity index (χ4n) is 1.90. The molecular formula is C12H16ClIN2O. The molecule has 1 aliphatic heterocycles. The minimum atomic E-state index is -0.0151. The van der Waals surface area contributed by atoms with Crippen LogP contribution >= 0.6 is 35.0 Å². The quantitative estimate of drug-likeness (QED) is 0.790. The van der Waals surface area contributed by atoms with E-state index in [0.29, 0.717) is 0 Å². The summed E-state index contributed by atoms with van der Waals surface area (Å²) >= 11 is 2.27. The van der Waals surface area contributed by atoms with Crippen LogP contribution in [0.3, 0.4) is 0 Å². The lowest BCUT2D eigenvalue weighted by atomic mass is 10.1. The number of anilines is 1. The molecule has 17 heavy (non-hydrogen) atoms. The minimum Gasteiger partial charge on any atom is -0.324 e. The van der Waals surface area contributed by atoms with Crippen molar-refractivity contribution in [3.05, 3.63) is 27.3 Å². The van der Waals surface area contributed by atoms with Crippen molar-refractivity contribution in [2.24, 2.45) is 0 Å². The number of benzene rings is 1. The molecule has 3 nitrogen and oxygen atoms in total. The monoisotopic (exact) mass is 366 g/mol. The molecule has 0 spiro atoms. The molecule has 1 amide bonds. The molecule has 1 aromatic carbocycles. The van der Waals surface area contributed by atoms with Crippen molar-refractivity contribution in [1.82, 2.24) is 5.32 Å². The number of carbonyl (C=O) groups is 1.